The lowest BCUT2D eigenvalue weighted by Gasteiger charge is -2.02. The van der Waals surface area contributed by atoms with Crippen molar-refractivity contribution in [2.45, 2.75) is 6.92 Å². The quantitative estimate of drug-likeness (QED) is 0.564. The van der Waals surface area contributed by atoms with Gasteiger partial charge in [-0.2, -0.15) is 5.10 Å². The molecule has 0 unspecified atom stereocenters. The van der Waals surface area contributed by atoms with Crippen molar-refractivity contribution < 1.29 is 10.2 Å². The maximum atomic E-state index is 9.84. The van der Waals surface area contributed by atoms with Crippen molar-refractivity contribution in [3.8, 4) is 11.5 Å². The van der Waals surface area contributed by atoms with Gasteiger partial charge in [0.1, 0.15) is 11.5 Å². The molecule has 0 saturated heterocycles. The predicted molar refractivity (Wildman–Crippen MR) is 88.3 cm³/mol. The lowest BCUT2D eigenvalue weighted by atomic mass is 10.1. The van der Waals surface area contributed by atoms with Gasteiger partial charge >= 0.3 is 0 Å². The summed E-state index contributed by atoms with van der Waals surface area (Å²) in [7, 11) is 1.94. The van der Waals surface area contributed by atoms with E-state index in [9.17, 15) is 10.2 Å². The van der Waals surface area contributed by atoms with Crippen LogP contribution in [0.25, 0.3) is 10.2 Å². The van der Waals surface area contributed by atoms with Gasteiger partial charge in [0.25, 0.3) is 0 Å². The molecule has 0 amide bonds. The van der Waals surface area contributed by atoms with Gasteiger partial charge in [-0.3, -0.25) is 0 Å². The van der Waals surface area contributed by atoms with E-state index < -0.39 is 0 Å². The van der Waals surface area contributed by atoms with Crippen LogP contribution in [0.1, 0.15) is 12.5 Å². The number of aromatic nitrogens is 1. The number of nitrogens with zero attached hydrogens (tertiary/aromatic N) is 3. The molecular weight excluding hydrogens is 298 g/mol. The Bertz CT molecular complexity index is 938. The van der Waals surface area contributed by atoms with Crippen molar-refractivity contribution in [1.82, 2.24) is 4.57 Å². The average molecular weight is 313 g/mol. The fourth-order valence-corrected chi connectivity index (χ4v) is 3.15. The van der Waals surface area contributed by atoms with Crippen LogP contribution in [0.2, 0.25) is 0 Å². The Balaban J connectivity index is 2.05. The molecule has 1 aromatic heterocycles. The summed E-state index contributed by atoms with van der Waals surface area (Å²) in [4.78, 5) is 0.777. The van der Waals surface area contributed by atoms with Gasteiger partial charge in [0.2, 0.25) is 4.80 Å². The van der Waals surface area contributed by atoms with Crippen molar-refractivity contribution in [2.75, 3.05) is 0 Å². The zero-order valence-corrected chi connectivity index (χ0v) is 13.0. The Labute approximate surface area is 131 Å². The van der Waals surface area contributed by atoms with Crippen LogP contribution < -0.4 is 4.80 Å². The molecule has 1 heterocycles. The van der Waals surface area contributed by atoms with E-state index in [-0.39, 0.29) is 11.5 Å². The second-order valence-corrected chi connectivity index (χ2v) is 5.91. The number of phenols is 2. The maximum Gasteiger partial charge on any atom is 0.211 e. The molecule has 0 aliphatic rings. The van der Waals surface area contributed by atoms with Crippen molar-refractivity contribution in [3.63, 3.8) is 0 Å². The molecule has 0 saturated carbocycles. The summed E-state index contributed by atoms with van der Waals surface area (Å²) in [5, 5.41) is 27.6. The predicted octanol–water partition coefficient (Wildman–Crippen LogP) is 2.98. The Morgan fingerprint density at radius 3 is 2.64 bits per heavy atom. The molecule has 5 nitrogen and oxygen atoms in total. The number of hydrogen-bond acceptors (Lipinski definition) is 5. The highest BCUT2D eigenvalue weighted by Crippen LogP contribution is 2.23. The van der Waals surface area contributed by atoms with Gasteiger partial charge in [-0.15, -0.1) is 5.10 Å². The van der Waals surface area contributed by atoms with Gasteiger partial charge < -0.3 is 14.8 Å². The van der Waals surface area contributed by atoms with Crippen LogP contribution >= 0.6 is 11.3 Å². The minimum Gasteiger partial charge on any atom is -0.508 e. The molecule has 0 aliphatic carbocycles. The average Bonchev–Trinajstić information content (AvgIpc) is 2.82. The largest absolute Gasteiger partial charge is 0.508 e. The summed E-state index contributed by atoms with van der Waals surface area (Å²) in [6.07, 6.45) is 0. The minimum atomic E-state index is -0.0165. The van der Waals surface area contributed by atoms with Gasteiger partial charge in [0.15, 0.2) is 0 Å². The second kappa shape index (κ2) is 5.65. The maximum absolute atomic E-state index is 9.84. The number of para-hydroxylation sites is 1. The number of phenolic OH excluding ortho intramolecular Hbond substituents is 2. The molecule has 0 atom stereocenters. The van der Waals surface area contributed by atoms with Crippen LogP contribution in [0.4, 0.5) is 0 Å². The molecule has 2 N–H and O–H groups in total. The van der Waals surface area contributed by atoms with Crippen LogP contribution in [0, 0.1) is 0 Å². The van der Waals surface area contributed by atoms with Crippen LogP contribution in [-0.4, -0.2) is 20.5 Å². The molecule has 3 aromatic rings. The molecule has 22 heavy (non-hydrogen) atoms. The number of aryl methyl sites for hydroxylation is 1. The zero-order chi connectivity index (χ0) is 15.7. The highest BCUT2D eigenvalue weighted by Gasteiger charge is 2.06. The van der Waals surface area contributed by atoms with E-state index in [1.165, 1.54) is 12.1 Å². The van der Waals surface area contributed by atoms with Crippen molar-refractivity contribution in [3.05, 3.63) is 52.8 Å². The first kappa shape index (κ1) is 14.3. The third kappa shape index (κ3) is 2.60. The Morgan fingerprint density at radius 2 is 1.91 bits per heavy atom. The number of aromatic hydroxyl groups is 2. The first-order valence-corrected chi connectivity index (χ1v) is 7.53. The number of rotatable bonds is 2. The topological polar surface area (TPSA) is 70.1 Å². The third-order valence-corrected chi connectivity index (χ3v) is 4.47. The molecule has 3 rings (SSSR count). The summed E-state index contributed by atoms with van der Waals surface area (Å²) < 4.78 is 3.12. The first-order chi connectivity index (χ1) is 10.6. The lowest BCUT2D eigenvalue weighted by Crippen LogP contribution is -2.09. The number of benzene rings is 2. The first-order valence-electron chi connectivity index (χ1n) is 6.71. The highest BCUT2D eigenvalue weighted by molar-refractivity contribution is 7.16. The van der Waals surface area contributed by atoms with E-state index in [2.05, 4.69) is 10.2 Å². The van der Waals surface area contributed by atoms with E-state index >= 15 is 0 Å². The summed E-state index contributed by atoms with van der Waals surface area (Å²) >= 11 is 1.55. The third-order valence-electron chi connectivity index (χ3n) is 3.37. The van der Waals surface area contributed by atoms with Crippen LogP contribution in [-0.2, 0) is 7.05 Å². The highest BCUT2D eigenvalue weighted by atomic mass is 32.1. The fraction of sp³-hybridized carbons (Fsp3) is 0.125. The van der Waals surface area contributed by atoms with E-state index in [4.69, 9.17) is 0 Å². The summed E-state index contributed by atoms with van der Waals surface area (Å²) in [6.45, 7) is 1.77. The van der Waals surface area contributed by atoms with Gasteiger partial charge in [-0.1, -0.05) is 23.5 Å². The molecule has 112 valence electrons. The van der Waals surface area contributed by atoms with Crippen LogP contribution in [0.5, 0.6) is 11.5 Å². The van der Waals surface area contributed by atoms with E-state index in [1.807, 2.05) is 35.9 Å². The van der Waals surface area contributed by atoms with Gasteiger partial charge in [0.05, 0.1) is 15.9 Å². The van der Waals surface area contributed by atoms with E-state index in [0.717, 1.165) is 15.0 Å². The summed E-state index contributed by atoms with van der Waals surface area (Å²) in [5.41, 5.74) is 2.23. The molecule has 0 fully saturated rings. The Hall–Kier alpha value is -2.60. The molecule has 6 heteroatoms. The Kier molecular flexibility index (Phi) is 3.68. The molecule has 0 aliphatic heterocycles. The van der Waals surface area contributed by atoms with E-state index in [1.54, 1.807) is 24.3 Å². The Morgan fingerprint density at radius 1 is 1.14 bits per heavy atom. The molecule has 0 radical (unpaired) electrons. The summed E-state index contributed by atoms with van der Waals surface area (Å²) in [6, 6.07) is 12.5. The van der Waals surface area contributed by atoms with E-state index in [0.29, 0.717) is 11.3 Å². The van der Waals surface area contributed by atoms with Crippen molar-refractivity contribution >= 4 is 27.3 Å². The fourth-order valence-electron chi connectivity index (χ4n) is 2.18. The monoisotopic (exact) mass is 313 g/mol. The normalized spacial score (nSPS) is 13.0. The molecule has 0 bridgehead atoms. The SMILES string of the molecule is C/C(=N\N=c1\sc2ccccc2n1C)c1ccc(O)cc1O. The number of hydrogen-bond donors (Lipinski definition) is 2. The zero-order valence-electron chi connectivity index (χ0n) is 12.2. The van der Waals surface area contributed by atoms with Crippen LogP contribution in [0.3, 0.4) is 0 Å². The van der Waals surface area contributed by atoms with Crippen molar-refractivity contribution in [2.24, 2.45) is 17.3 Å². The number of thiazole rings is 1. The minimum absolute atomic E-state index is 0.0156. The second-order valence-electron chi connectivity index (χ2n) is 4.90. The van der Waals surface area contributed by atoms with Crippen molar-refractivity contribution in [1.29, 1.82) is 0 Å². The van der Waals surface area contributed by atoms with Gasteiger partial charge in [-0.05, 0) is 31.2 Å². The van der Waals surface area contributed by atoms with Gasteiger partial charge in [0, 0.05) is 18.7 Å². The molecule has 0 spiro atoms. The summed E-state index contributed by atoms with van der Waals surface area (Å²) in [5.74, 6) is -0.000870. The van der Waals surface area contributed by atoms with Gasteiger partial charge in [-0.25, -0.2) is 0 Å². The molecular formula is C16H15N3O2S. The lowest BCUT2D eigenvalue weighted by molar-refractivity contribution is 0.450. The van der Waals surface area contributed by atoms with Crippen LogP contribution in [0.15, 0.2) is 52.7 Å². The number of fused-ring (bicyclic) bond motifs is 1. The smallest absolute Gasteiger partial charge is 0.211 e. The standard InChI is InChI=1S/C16H15N3O2S/c1-10(12-8-7-11(20)9-14(12)21)17-18-16-19(2)13-5-3-4-6-15(13)22-16/h3-9,20-21H,1-2H3/b17-10+,18-16+. The molecule has 2 aromatic carbocycles.